The maximum absolute atomic E-state index is 13.2. The molecule has 0 radical (unpaired) electrons. The Bertz CT molecular complexity index is 3380. The summed E-state index contributed by atoms with van der Waals surface area (Å²) in [7, 11) is 2.71. The van der Waals surface area contributed by atoms with E-state index >= 15 is 0 Å². The number of carboxylic acids is 1. The van der Waals surface area contributed by atoms with Crippen molar-refractivity contribution in [3.63, 3.8) is 0 Å². The Labute approximate surface area is 478 Å². The van der Waals surface area contributed by atoms with Crippen LogP contribution in [-0.2, 0) is 42.0 Å². The number of hydrogen-bond acceptors (Lipinski definition) is 13. The molecule has 0 fully saturated rings. The number of rotatable bonds is 9. The standard InChI is InChI=1S/C22H27NO3S.C22H26O3S.C21H25NO3S/c1-13-16-19(22(4,5)12-11-21(16,2)3)27-18(13)17(23-25)14-7-9-15(10-8-14)20(24)26-6;1-13-16-19(22(4,5)12-11-21(16,2)3)26-18(13)17(23)14-7-9-15(10-8-14)20(24)25-6;1-12-15-18(21(4,5)11-10-20(15,2)3)26-17(12)16(22-25)13-6-8-14(9-7-13)19(23)24/h7-10,25H,11-12H2,1-6H3;7-10H,11-12H2,1-6H3;6-9,25H,10-11H2,1-5H3,(H,23,24)/b23-17+;;22-16+. The van der Waals surface area contributed by atoms with Crippen molar-refractivity contribution in [1.82, 2.24) is 0 Å². The zero-order chi connectivity index (χ0) is 58.5. The molecular formula is C65H78N2O9S3. The molecule has 14 heteroatoms. The van der Waals surface area contributed by atoms with Crippen LogP contribution in [0.25, 0.3) is 0 Å². The van der Waals surface area contributed by atoms with Crippen LogP contribution in [0.5, 0.6) is 0 Å². The monoisotopic (exact) mass is 1130 g/mol. The van der Waals surface area contributed by atoms with E-state index in [0.29, 0.717) is 28.1 Å². The molecule has 3 aliphatic carbocycles. The minimum Gasteiger partial charge on any atom is -0.478 e. The topological polar surface area (TPSA) is 172 Å². The highest BCUT2D eigenvalue weighted by Gasteiger charge is 2.44. The molecule has 6 aromatic rings. The summed E-state index contributed by atoms with van der Waals surface area (Å²) >= 11 is 5.08. The first-order valence-electron chi connectivity index (χ1n) is 26.9. The van der Waals surface area contributed by atoms with Crippen LogP contribution in [0.2, 0.25) is 0 Å². The molecule has 420 valence electrons. The summed E-state index contributed by atoms with van der Waals surface area (Å²) in [6, 6.07) is 20.2. The van der Waals surface area contributed by atoms with Gasteiger partial charge in [0.15, 0.2) is 0 Å². The number of oxime groups is 2. The molecule has 0 spiro atoms. The van der Waals surface area contributed by atoms with Gasteiger partial charge in [0.25, 0.3) is 0 Å². The van der Waals surface area contributed by atoms with Crippen LogP contribution in [0.15, 0.2) is 83.1 Å². The van der Waals surface area contributed by atoms with Gasteiger partial charge in [0.1, 0.15) is 11.4 Å². The summed E-state index contributed by atoms with van der Waals surface area (Å²) < 4.78 is 9.47. The third-order valence-electron chi connectivity index (χ3n) is 16.8. The van der Waals surface area contributed by atoms with E-state index in [-0.39, 0.29) is 49.8 Å². The quantitative estimate of drug-likeness (QED) is 0.0419. The molecule has 0 aliphatic heterocycles. The van der Waals surface area contributed by atoms with Crippen molar-refractivity contribution in [2.24, 2.45) is 10.3 Å². The first kappa shape index (κ1) is 60.4. The van der Waals surface area contributed by atoms with E-state index in [1.165, 1.54) is 51.1 Å². The molecule has 0 amide bonds. The van der Waals surface area contributed by atoms with Gasteiger partial charge in [-0.3, -0.25) is 4.79 Å². The van der Waals surface area contributed by atoms with Gasteiger partial charge < -0.3 is 25.0 Å². The van der Waals surface area contributed by atoms with Crippen molar-refractivity contribution >= 4 is 69.1 Å². The number of hydrogen-bond donors (Lipinski definition) is 3. The zero-order valence-corrected chi connectivity index (χ0v) is 51.5. The molecule has 3 N–H and O–H groups in total. The predicted molar refractivity (Wildman–Crippen MR) is 320 cm³/mol. The zero-order valence-electron chi connectivity index (χ0n) is 49.1. The Morgan fingerprint density at radius 2 is 0.658 bits per heavy atom. The van der Waals surface area contributed by atoms with Gasteiger partial charge in [0, 0.05) is 31.3 Å². The Morgan fingerprint density at radius 3 is 0.937 bits per heavy atom. The van der Waals surface area contributed by atoms with Crippen LogP contribution in [0, 0.1) is 20.8 Å². The fraction of sp³-hybridized carbons (Fsp3) is 0.446. The molecule has 0 saturated heterocycles. The maximum Gasteiger partial charge on any atom is 0.337 e. The number of thiophene rings is 3. The van der Waals surface area contributed by atoms with Crippen LogP contribution in [0.4, 0.5) is 0 Å². The van der Waals surface area contributed by atoms with Crippen molar-refractivity contribution in [3.8, 4) is 0 Å². The molecule has 11 nitrogen and oxygen atoms in total. The molecule has 0 saturated carbocycles. The lowest BCUT2D eigenvalue weighted by atomic mass is 9.66. The average molecular weight is 1130 g/mol. The molecule has 3 aromatic carbocycles. The average Bonchev–Trinajstić information content (AvgIpc) is 4.21. The number of carbonyl (C=O) groups is 4. The van der Waals surface area contributed by atoms with Crippen molar-refractivity contribution in [2.45, 2.75) is 175 Å². The van der Waals surface area contributed by atoms with Gasteiger partial charge >= 0.3 is 17.9 Å². The number of methoxy groups -OCH3 is 2. The number of carboxylic acid groups (broad SMARTS) is 1. The van der Waals surface area contributed by atoms with Gasteiger partial charge in [0.2, 0.25) is 5.78 Å². The smallest absolute Gasteiger partial charge is 0.337 e. The second-order valence-electron chi connectivity index (χ2n) is 25.3. The van der Waals surface area contributed by atoms with E-state index < -0.39 is 11.9 Å². The fourth-order valence-electron chi connectivity index (χ4n) is 11.8. The van der Waals surface area contributed by atoms with Crippen molar-refractivity contribution in [1.29, 1.82) is 0 Å². The Hall–Kier alpha value is -6.22. The van der Waals surface area contributed by atoms with Crippen LogP contribution in [0.3, 0.4) is 0 Å². The number of carbonyl (C=O) groups excluding carboxylic acids is 3. The van der Waals surface area contributed by atoms with Crippen LogP contribution >= 0.6 is 34.0 Å². The molecule has 3 aliphatic rings. The molecule has 3 aromatic heterocycles. The van der Waals surface area contributed by atoms with Crippen LogP contribution < -0.4 is 0 Å². The van der Waals surface area contributed by atoms with E-state index in [9.17, 15) is 29.6 Å². The Balaban J connectivity index is 0.000000172. The van der Waals surface area contributed by atoms with Crippen molar-refractivity contribution in [3.05, 3.63) is 169 Å². The number of ketones is 1. The summed E-state index contributed by atoms with van der Waals surface area (Å²) in [4.78, 5) is 54.4. The number of fused-ring (bicyclic) bond motifs is 3. The highest BCUT2D eigenvalue weighted by Crippen LogP contribution is 2.54. The third kappa shape index (κ3) is 11.7. The van der Waals surface area contributed by atoms with E-state index in [1.807, 2.05) is 0 Å². The highest BCUT2D eigenvalue weighted by molar-refractivity contribution is 7.15. The van der Waals surface area contributed by atoms with Gasteiger partial charge in [-0.2, -0.15) is 0 Å². The van der Waals surface area contributed by atoms with Crippen LogP contribution in [0.1, 0.15) is 237 Å². The summed E-state index contributed by atoms with van der Waals surface area (Å²) in [5, 5.41) is 35.8. The lowest BCUT2D eigenvalue weighted by Gasteiger charge is -2.39. The van der Waals surface area contributed by atoms with E-state index in [2.05, 4.69) is 114 Å². The number of benzene rings is 3. The highest BCUT2D eigenvalue weighted by atomic mass is 32.1. The maximum atomic E-state index is 13.2. The molecule has 0 bridgehead atoms. The number of ether oxygens (including phenoxy) is 2. The second kappa shape index (κ2) is 22.4. The van der Waals surface area contributed by atoms with E-state index in [1.54, 1.807) is 107 Å². The number of aromatic carboxylic acids is 1. The van der Waals surface area contributed by atoms with Gasteiger partial charge in [0.05, 0.1) is 45.5 Å². The minimum atomic E-state index is -0.967. The molecule has 0 unspecified atom stereocenters. The SMILES string of the molecule is COC(=O)c1ccc(/C(=N\O)c2sc3c(c2C)C(C)(C)CCC3(C)C)cc1.COC(=O)c1ccc(C(=O)c2sc3c(c2C)C(C)(C)CCC3(C)C)cc1.Cc1c(/C(=N/O)c2ccc(C(=O)O)cc2)sc2c1C(C)(C)CCC2(C)C. The van der Waals surface area contributed by atoms with Gasteiger partial charge in [-0.15, -0.1) is 34.0 Å². The summed E-state index contributed by atoms with van der Waals surface area (Å²) in [6.45, 7) is 33.7. The first-order chi connectivity index (χ1) is 36.8. The number of nitrogens with zero attached hydrogens (tertiary/aromatic N) is 2. The number of esters is 2. The molecule has 79 heavy (non-hydrogen) atoms. The fourth-order valence-corrected chi connectivity index (χ4v) is 16.6. The van der Waals surface area contributed by atoms with Crippen molar-refractivity contribution < 1.29 is 44.2 Å². The van der Waals surface area contributed by atoms with Gasteiger partial charge in [-0.05, 0) is 162 Å². The Morgan fingerprint density at radius 1 is 0.405 bits per heavy atom. The predicted octanol–water partition coefficient (Wildman–Crippen LogP) is 16.2. The summed E-state index contributed by atoms with van der Waals surface area (Å²) in [5.41, 5.74) is 12.5. The third-order valence-corrected chi connectivity index (χ3v) is 21.8. The summed E-state index contributed by atoms with van der Waals surface area (Å²) in [5.74, 6) is -1.71. The van der Waals surface area contributed by atoms with E-state index in [4.69, 9.17) is 14.6 Å². The lowest BCUT2D eigenvalue weighted by molar-refractivity contribution is 0.0592. The summed E-state index contributed by atoms with van der Waals surface area (Å²) in [6.07, 6.45) is 6.81. The lowest BCUT2D eigenvalue weighted by Crippen LogP contribution is -2.32. The normalized spacial score (nSPS) is 18.0. The Kier molecular flexibility index (Phi) is 17.1. The molecule has 0 atom stereocenters. The van der Waals surface area contributed by atoms with Crippen LogP contribution in [-0.4, -0.2) is 64.9 Å². The van der Waals surface area contributed by atoms with Gasteiger partial charge in [-0.25, -0.2) is 14.4 Å². The molecule has 9 rings (SSSR count). The van der Waals surface area contributed by atoms with Gasteiger partial charge in [-0.1, -0.05) is 130 Å². The first-order valence-corrected chi connectivity index (χ1v) is 29.4. The van der Waals surface area contributed by atoms with E-state index in [0.717, 1.165) is 75.4 Å². The largest absolute Gasteiger partial charge is 0.478 e. The van der Waals surface area contributed by atoms with Crippen molar-refractivity contribution in [2.75, 3.05) is 14.2 Å². The second-order valence-corrected chi connectivity index (χ2v) is 28.4. The molecule has 3 heterocycles. The molecular weight excluding hydrogens is 1050 g/mol. The minimum absolute atomic E-state index is 0.0323.